The van der Waals surface area contributed by atoms with Crippen molar-refractivity contribution in [2.75, 3.05) is 0 Å². The number of thiazole rings is 1. The standard InChI is InChI=1S/C12H8BrNO3S/c1-6(15)10-9(12(16)17)14-11(18-10)7-4-2-3-5-8(7)13/h2-5H,1H3,(H,16,17). The Kier molecular flexibility index (Phi) is 3.58. The van der Waals surface area contributed by atoms with E-state index in [4.69, 9.17) is 5.11 Å². The highest BCUT2D eigenvalue weighted by Gasteiger charge is 2.21. The number of hydrogen-bond acceptors (Lipinski definition) is 4. The van der Waals surface area contributed by atoms with E-state index in [1.807, 2.05) is 24.3 Å². The molecule has 0 aliphatic rings. The van der Waals surface area contributed by atoms with Crippen LogP contribution >= 0.6 is 27.3 Å². The summed E-state index contributed by atoms with van der Waals surface area (Å²) >= 11 is 4.47. The van der Waals surface area contributed by atoms with E-state index < -0.39 is 5.97 Å². The van der Waals surface area contributed by atoms with E-state index in [2.05, 4.69) is 20.9 Å². The number of carbonyl (C=O) groups excluding carboxylic acids is 1. The van der Waals surface area contributed by atoms with Gasteiger partial charge in [0.2, 0.25) is 0 Å². The smallest absolute Gasteiger partial charge is 0.356 e. The molecule has 2 rings (SSSR count). The number of rotatable bonds is 3. The van der Waals surface area contributed by atoms with Crippen LogP contribution in [0.4, 0.5) is 0 Å². The molecule has 0 spiro atoms. The molecule has 0 aliphatic heterocycles. The fourth-order valence-electron chi connectivity index (χ4n) is 1.45. The van der Waals surface area contributed by atoms with Gasteiger partial charge in [-0.1, -0.05) is 34.1 Å². The zero-order chi connectivity index (χ0) is 13.3. The van der Waals surface area contributed by atoms with Crippen LogP contribution in [0.3, 0.4) is 0 Å². The monoisotopic (exact) mass is 325 g/mol. The number of carbonyl (C=O) groups is 2. The number of aromatic nitrogens is 1. The van der Waals surface area contributed by atoms with Gasteiger partial charge in [0.05, 0.1) is 0 Å². The van der Waals surface area contributed by atoms with Crippen molar-refractivity contribution in [2.45, 2.75) is 6.92 Å². The van der Waals surface area contributed by atoms with Crippen molar-refractivity contribution in [3.05, 3.63) is 39.3 Å². The highest BCUT2D eigenvalue weighted by Crippen LogP contribution is 2.33. The zero-order valence-electron chi connectivity index (χ0n) is 9.31. The van der Waals surface area contributed by atoms with Crippen LogP contribution in [-0.4, -0.2) is 21.8 Å². The molecule has 0 radical (unpaired) electrons. The Labute approximate surface area is 115 Å². The van der Waals surface area contributed by atoms with E-state index in [1.165, 1.54) is 6.92 Å². The largest absolute Gasteiger partial charge is 0.476 e. The molecule has 6 heteroatoms. The van der Waals surface area contributed by atoms with Crippen molar-refractivity contribution < 1.29 is 14.7 Å². The number of ketones is 1. The van der Waals surface area contributed by atoms with Gasteiger partial charge in [-0.15, -0.1) is 11.3 Å². The fourth-order valence-corrected chi connectivity index (χ4v) is 3.05. The second kappa shape index (κ2) is 4.99. The molecular weight excluding hydrogens is 318 g/mol. The normalized spacial score (nSPS) is 10.3. The van der Waals surface area contributed by atoms with Gasteiger partial charge < -0.3 is 5.11 Å². The Balaban J connectivity index is 2.61. The maximum atomic E-state index is 11.4. The molecule has 92 valence electrons. The van der Waals surface area contributed by atoms with Gasteiger partial charge in [-0.3, -0.25) is 4.79 Å². The summed E-state index contributed by atoms with van der Waals surface area (Å²) in [5, 5.41) is 9.54. The molecule has 0 fully saturated rings. The van der Waals surface area contributed by atoms with E-state index in [0.717, 1.165) is 21.4 Å². The Bertz CT molecular complexity index is 605. The van der Waals surface area contributed by atoms with Crippen molar-refractivity contribution in [3.8, 4) is 10.6 Å². The Morgan fingerprint density at radius 2 is 2.00 bits per heavy atom. The van der Waals surface area contributed by atoms with Gasteiger partial charge in [-0.05, 0) is 6.07 Å². The summed E-state index contributed by atoms with van der Waals surface area (Å²) in [5.74, 6) is -1.47. The lowest BCUT2D eigenvalue weighted by Crippen LogP contribution is -2.03. The summed E-state index contributed by atoms with van der Waals surface area (Å²) in [7, 11) is 0. The average molecular weight is 326 g/mol. The fraction of sp³-hybridized carbons (Fsp3) is 0.0833. The molecule has 0 amide bonds. The molecule has 4 nitrogen and oxygen atoms in total. The topological polar surface area (TPSA) is 67.3 Å². The first-order valence-corrected chi connectivity index (χ1v) is 6.61. The molecule has 0 bridgehead atoms. The summed E-state index contributed by atoms with van der Waals surface area (Å²) in [6.45, 7) is 1.34. The molecule has 2 aromatic rings. The number of benzene rings is 1. The van der Waals surface area contributed by atoms with E-state index in [-0.39, 0.29) is 16.4 Å². The molecular formula is C12H8BrNO3S. The number of aromatic carboxylic acids is 1. The lowest BCUT2D eigenvalue weighted by atomic mass is 10.2. The van der Waals surface area contributed by atoms with Crippen LogP contribution in [-0.2, 0) is 0 Å². The van der Waals surface area contributed by atoms with Crippen LogP contribution in [0.1, 0.15) is 27.1 Å². The molecule has 18 heavy (non-hydrogen) atoms. The highest BCUT2D eigenvalue weighted by molar-refractivity contribution is 9.10. The van der Waals surface area contributed by atoms with Crippen LogP contribution in [0.15, 0.2) is 28.7 Å². The van der Waals surface area contributed by atoms with Gasteiger partial charge in [0.1, 0.15) is 9.88 Å². The lowest BCUT2D eigenvalue weighted by Gasteiger charge is -1.98. The molecule has 1 aromatic heterocycles. The third-order valence-corrected chi connectivity index (χ3v) is 4.13. The Hall–Kier alpha value is -1.53. The van der Waals surface area contributed by atoms with Gasteiger partial charge in [0.15, 0.2) is 11.5 Å². The summed E-state index contributed by atoms with van der Waals surface area (Å²) in [6.07, 6.45) is 0. The van der Waals surface area contributed by atoms with E-state index in [0.29, 0.717) is 5.01 Å². The van der Waals surface area contributed by atoms with E-state index >= 15 is 0 Å². The van der Waals surface area contributed by atoms with Crippen molar-refractivity contribution in [1.29, 1.82) is 0 Å². The summed E-state index contributed by atoms with van der Waals surface area (Å²) in [6, 6.07) is 7.34. The maximum absolute atomic E-state index is 11.4. The van der Waals surface area contributed by atoms with Gasteiger partial charge in [-0.25, -0.2) is 9.78 Å². The maximum Gasteiger partial charge on any atom is 0.356 e. The molecule has 0 saturated carbocycles. The second-order valence-corrected chi connectivity index (χ2v) is 5.39. The minimum Gasteiger partial charge on any atom is -0.476 e. The van der Waals surface area contributed by atoms with Crippen molar-refractivity contribution >= 4 is 39.0 Å². The van der Waals surface area contributed by atoms with Crippen LogP contribution in [0.5, 0.6) is 0 Å². The number of carboxylic acids is 1. The SMILES string of the molecule is CC(=O)c1sc(-c2ccccc2Br)nc1C(=O)O. The highest BCUT2D eigenvalue weighted by atomic mass is 79.9. The number of halogens is 1. The van der Waals surface area contributed by atoms with Gasteiger partial charge >= 0.3 is 5.97 Å². The first-order chi connectivity index (χ1) is 8.50. The first-order valence-electron chi connectivity index (χ1n) is 5.00. The third-order valence-electron chi connectivity index (χ3n) is 2.25. The predicted octanol–water partition coefficient (Wildman–Crippen LogP) is 3.47. The first kappa shape index (κ1) is 12.9. The molecule has 1 N–H and O–H groups in total. The van der Waals surface area contributed by atoms with E-state index in [1.54, 1.807) is 0 Å². The number of nitrogens with zero attached hydrogens (tertiary/aromatic N) is 1. The molecule has 1 heterocycles. The molecule has 1 aromatic carbocycles. The second-order valence-electron chi connectivity index (χ2n) is 3.54. The number of carboxylic acid groups (broad SMARTS) is 1. The number of hydrogen-bond donors (Lipinski definition) is 1. The summed E-state index contributed by atoms with van der Waals surface area (Å²) < 4.78 is 0.811. The lowest BCUT2D eigenvalue weighted by molar-refractivity contribution is 0.0687. The van der Waals surface area contributed by atoms with Crippen molar-refractivity contribution in [3.63, 3.8) is 0 Å². The van der Waals surface area contributed by atoms with Gasteiger partial charge in [-0.2, -0.15) is 0 Å². The van der Waals surface area contributed by atoms with Crippen molar-refractivity contribution in [2.24, 2.45) is 0 Å². The average Bonchev–Trinajstić information content (AvgIpc) is 2.74. The molecule has 0 unspecified atom stereocenters. The number of Topliss-reactive ketones (excluding diaryl/α,β-unsaturated/α-hetero) is 1. The minimum atomic E-state index is -1.19. The van der Waals surface area contributed by atoms with Crippen LogP contribution in [0.2, 0.25) is 0 Å². The minimum absolute atomic E-state index is 0.174. The van der Waals surface area contributed by atoms with Crippen LogP contribution in [0.25, 0.3) is 10.6 Å². The predicted molar refractivity (Wildman–Crippen MR) is 72.2 cm³/mol. The third kappa shape index (κ3) is 2.34. The van der Waals surface area contributed by atoms with E-state index in [9.17, 15) is 9.59 Å². The molecule has 0 atom stereocenters. The molecule has 0 aliphatic carbocycles. The van der Waals surface area contributed by atoms with Crippen molar-refractivity contribution in [1.82, 2.24) is 4.98 Å². The van der Waals surface area contributed by atoms with Crippen LogP contribution < -0.4 is 0 Å². The van der Waals surface area contributed by atoms with Gasteiger partial charge in [0.25, 0.3) is 0 Å². The Morgan fingerprint density at radius 1 is 1.33 bits per heavy atom. The van der Waals surface area contributed by atoms with Crippen LogP contribution in [0, 0.1) is 0 Å². The summed E-state index contributed by atoms with van der Waals surface area (Å²) in [4.78, 5) is 26.6. The zero-order valence-corrected chi connectivity index (χ0v) is 11.7. The quantitative estimate of drug-likeness (QED) is 0.877. The molecule has 0 saturated heterocycles. The Morgan fingerprint density at radius 3 is 2.50 bits per heavy atom. The van der Waals surface area contributed by atoms with Gasteiger partial charge in [0, 0.05) is 17.0 Å². The summed E-state index contributed by atoms with van der Waals surface area (Å²) in [5.41, 5.74) is 0.593.